The van der Waals surface area contributed by atoms with Crippen molar-refractivity contribution in [3.63, 3.8) is 0 Å². The summed E-state index contributed by atoms with van der Waals surface area (Å²) in [5, 5.41) is 1.48. The Kier molecular flexibility index (Phi) is 8.23. The van der Waals surface area contributed by atoms with Crippen LogP contribution in [0.3, 0.4) is 0 Å². The number of benzene rings is 2. The highest BCUT2D eigenvalue weighted by molar-refractivity contribution is 6.35. The van der Waals surface area contributed by atoms with Crippen molar-refractivity contribution in [3.05, 3.63) is 89.9 Å². The molecule has 1 aliphatic rings. The van der Waals surface area contributed by atoms with E-state index in [-0.39, 0.29) is 5.82 Å². The fourth-order valence-corrected chi connectivity index (χ4v) is 4.94. The topological polar surface area (TPSA) is 22.6 Å². The molecule has 0 aliphatic carbocycles. The minimum atomic E-state index is -0.318. The average molecular weight is 519 g/mol. The Labute approximate surface area is 225 Å². The number of halogens is 2. The lowest BCUT2D eigenvalue weighted by atomic mass is 10.0. The lowest BCUT2D eigenvalue weighted by Crippen LogP contribution is -2.44. The number of hydrogen-bond donors (Lipinski definition) is 0. The summed E-state index contributed by atoms with van der Waals surface area (Å²) in [5.41, 5.74) is 6.53. The van der Waals surface area contributed by atoms with Crippen molar-refractivity contribution in [2.45, 2.75) is 26.2 Å². The number of rotatable bonds is 9. The van der Waals surface area contributed by atoms with Gasteiger partial charge in [0.1, 0.15) is 5.82 Å². The van der Waals surface area contributed by atoms with Crippen LogP contribution in [0.25, 0.3) is 33.6 Å². The largest absolute Gasteiger partial charge is 0.378 e. The molecule has 4 nitrogen and oxygen atoms in total. The van der Waals surface area contributed by atoms with E-state index in [1.807, 2.05) is 32.3 Å². The van der Waals surface area contributed by atoms with E-state index < -0.39 is 0 Å². The van der Waals surface area contributed by atoms with Crippen molar-refractivity contribution < 1.29 is 4.39 Å². The first kappa shape index (κ1) is 26.7. The van der Waals surface area contributed by atoms with Crippen LogP contribution in [0.1, 0.15) is 37.3 Å². The van der Waals surface area contributed by atoms with Gasteiger partial charge in [0.05, 0.1) is 16.2 Å². The van der Waals surface area contributed by atoms with Crippen molar-refractivity contribution in [2.75, 3.05) is 40.3 Å². The van der Waals surface area contributed by atoms with Gasteiger partial charge in [-0.3, -0.25) is 0 Å². The molecule has 0 unspecified atom stereocenters. The highest BCUT2D eigenvalue weighted by Gasteiger charge is 2.20. The summed E-state index contributed by atoms with van der Waals surface area (Å²) < 4.78 is 14.5. The van der Waals surface area contributed by atoms with Crippen molar-refractivity contribution in [2.24, 2.45) is 0 Å². The molecule has 37 heavy (non-hydrogen) atoms. The van der Waals surface area contributed by atoms with Gasteiger partial charge >= 0.3 is 0 Å². The standard InChI is InChI=1S/C31H36ClFN4/c1-7-8-9-21(2)36-14-16-37(17-15-36)22(3)24-10-12-26-28(32)20-30(34-31(26)19-24)25-11-13-29(33)27(18-25)23(4)35(5)6/h10-13,18-20H,2-4,7-9,14-17H2,1,5-6H3. The van der Waals surface area contributed by atoms with E-state index in [1.165, 1.54) is 24.6 Å². The highest BCUT2D eigenvalue weighted by atomic mass is 35.5. The number of fused-ring (bicyclic) bond motifs is 1. The Morgan fingerprint density at radius 3 is 2.38 bits per heavy atom. The lowest BCUT2D eigenvalue weighted by molar-refractivity contribution is 0.209. The van der Waals surface area contributed by atoms with E-state index in [0.29, 0.717) is 22.0 Å². The SMILES string of the molecule is C=C(c1cc(-c2cc(Cl)c3ccc(C(=C)N4CCN(C(=C)CCCC)CC4)cc3n2)ccc1F)N(C)C. The van der Waals surface area contributed by atoms with Crippen molar-refractivity contribution in [3.8, 4) is 11.3 Å². The fraction of sp³-hybridized carbons (Fsp3) is 0.323. The summed E-state index contributed by atoms with van der Waals surface area (Å²) in [7, 11) is 3.69. The van der Waals surface area contributed by atoms with Gasteiger partial charge in [0.15, 0.2) is 0 Å². The van der Waals surface area contributed by atoms with Gasteiger partial charge < -0.3 is 14.7 Å². The summed E-state index contributed by atoms with van der Waals surface area (Å²) in [4.78, 5) is 11.4. The van der Waals surface area contributed by atoms with Crippen molar-refractivity contribution in [1.82, 2.24) is 19.7 Å². The lowest BCUT2D eigenvalue weighted by Gasteiger charge is -2.39. The van der Waals surface area contributed by atoms with Crippen LogP contribution in [0.5, 0.6) is 0 Å². The molecule has 0 radical (unpaired) electrons. The molecule has 3 aromatic rings. The smallest absolute Gasteiger partial charge is 0.132 e. The first-order valence-electron chi connectivity index (χ1n) is 12.8. The summed E-state index contributed by atoms with van der Waals surface area (Å²) in [6.07, 6.45) is 3.44. The van der Waals surface area contributed by atoms with Crippen LogP contribution in [-0.2, 0) is 0 Å². The zero-order valence-electron chi connectivity index (χ0n) is 22.2. The molecule has 1 saturated heterocycles. The molecule has 0 spiro atoms. The quantitative estimate of drug-likeness (QED) is 0.292. The molecule has 0 atom stereocenters. The average Bonchev–Trinajstić information content (AvgIpc) is 2.90. The molecule has 0 saturated carbocycles. The maximum atomic E-state index is 14.5. The van der Waals surface area contributed by atoms with Crippen molar-refractivity contribution in [1.29, 1.82) is 0 Å². The molecule has 1 fully saturated rings. The Morgan fingerprint density at radius 2 is 1.70 bits per heavy atom. The molecule has 0 bridgehead atoms. The van der Waals surface area contributed by atoms with Gasteiger partial charge in [-0.15, -0.1) is 0 Å². The predicted molar refractivity (Wildman–Crippen MR) is 156 cm³/mol. The van der Waals surface area contributed by atoms with Crippen molar-refractivity contribution >= 4 is 33.9 Å². The molecule has 2 heterocycles. The van der Waals surface area contributed by atoms with E-state index in [2.05, 4.69) is 42.5 Å². The second kappa shape index (κ2) is 11.4. The number of pyridine rings is 1. The number of allylic oxidation sites excluding steroid dienone is 1. The fourth-order valence-electron chi connectivity index (χ4n) is 4.67. The van der Waals surface area contributed by atoms with Gasteiger partial charge in [-0.1, -0.05) is 56.8 Å². The van der Waals surface area contributed by atoms with E-state index in [4.69, 9.17) is 16.6 Å². The first-order chi connectivity index (χ1) is 17.7. The first-order valence-corrected chi connectivity index (χ1v) is 13.2. The molecule has 0 N–H and O–H groups in total. The van der Waals surface area contributed by atoms with Gasteiger partial charge in [0.2, 0.25) is 0 Å². The third-order valence-corrected chi connectivity index (χ3v) is 7.45. The maximum Gasteiger partial charge on any atom is 0.132 e. The molecule has 4 rings (SSSR count). The Morgan fingerprint density at radius 1 is 1.00 bits per heavy atom. The van der Waals surface area contributed by atoms with Crippen LogP contribution in [0.15, 0.2) is 67.9 Å². The normalized spacial score (nSPS) is 13.6. The van der Waals surface area contributed by atoms with E-state index in [1.54, 1.807) is 17.0 Å². The van der Waals surface area contributed by atoms with Crippen LogP contribution >= 0.6 is 11.6 Å². The van der Waals surface area contributed by atoms with Gasteiger partial charge in [0.25, 0.3) is 0 Å². The molecule has 194 valence electrons. The minimum Gasteiger partial charge on any atom is -0.378 e. The van der Waals surface area contributed by atoms with Crippen LogP contribution in [0, 0.1) is 5.82 Å². The second-order valence-electron chi connectivity index (χ2n) is 9.85. The van der Waals surface area contributed by atoms with Gasteiger partial charge in [-0.05, 0) is 48.7 Å². The molecule has 2 aromatic carbocycles. The second-order valence-corrected chi connectivity index (χ2v) is 10.3. The van der Waals surface area contributed by atoms with Gasteiger partial charge in [-0.25, -0.2) is 9.37 Å². The van der Waals surface area contributed by atoms with Crippen LogP contribution < -0.4 is 0 Å². The third kappa shape index (κ3) is 5.83. The Hall–Kier alpha value is -3.31. The minimum absolute atomic E-state index is 0.318. The number of hydrogen-bond acceptors (Lipinski definition) is 4. The summed E-state index contributed by atoms with van der Waals surface area (Å²) in [6.45, 7) is 18.6. The van der Waals surface area contributed by atoms with E-state index in [9.17, 15) is 4.39 Å². The predicted octanol–water partition coefficient (Wildman–Crippen LogP) is 7.52. The Balaban J connectivity index is 1.58. The zero-order chi connectivity index (χ0) is 26.7. The zero-order valence-corrected chi connectivity index (χ0v) is 22.9. The summed E-state index contributed by atoms with van der Waals surface area (Å²) in [5.74, 6) is -0.318. The van der Waals surface area contributed by atoms with E-state index in [0.717, 1.165) is 60.3 Å². The molecule has 1 aliphatic heterocycles. The molecule has 0 amide bonds. The van der Waals surface area contributed by atoms with Crippen LogP contribution in [0.4, 0.5) is 4.39 Å². The number of nitrogens with zero attached hydrogens (tertiary/aromatic N) is 4. The Bertz CT molecular complexity index is 1340. The van der Waals surface area contributed by atoms with E-state index >= 15 is 0 Å². The number of unbranched alkanes of at least 4 members (excludes halogenated alkanes) is 1. The molecule has 6 heteroatoms. The van der Waals surface area contributed by atoms with Gasteiger partial charge in [-0.2, -0.15) is 0 Å². The highest BCUT2D eigenvalue weighted by Crippen LogP contribution is 2.32. The van der Waals surface area contributed by atoms with Crippen LogP contribution in [-0.4, -0.2) is 60.0 Å². The third-order valence-electron chi connectivity index (χ3n) is 7.13. The summed E-state index contributed by atoms with van der Waals surface area (Å²) in [6, 6.07) is 12.9. The van der Waals surface area contributed by atoms with Crippen LogP contribution in [0.2, 0.25) is 5.02 Å². The number of aromatic nitrogens is 1. The molecular weight excluding hydrogens is 483 g/mol. The number of piperazine rings is 1. The maximum absolute atomic E-state index is 14.5. The monoisotopic (exact) mass is 518 g/mol. The summed E-state index contributed by atoms with van der Waals surface area (Å²) >= 11 is 6.67. The molecular formula is C31H36ClFN4. The van der Waals surface area contributed by atoms with Gasteiger partial charge in [0, 0.05) is 73.9 Å². The molecule has 1 aromatic heterocycles.